The molecule has 0 spiro atoms. The molecule has 0 fully saturated rings. The smallest absolute Gasteiger partial charge is 0.0411 e. The molecule has 1 nitrogen and oxygen atoms in total. The minimum absolute atomic E-state index is 1.18. The van der Waals surface area contributed by atoms with E-state index in [4.69, 9.17) is 0 Å². The number of benzene rings is 1. The highest BCUT2D eigenvalue weighted by Crippen LogP contribution is 2.14. The maximum atomic E-state index is 3.32. The van der Waals surface area contributed by atoms with Gasteiger partial charge in [-0.15, -0.1) is 0 Å². The molecule has 1 N–H and O–H groups in total. The van der Waals surface area contributed by atoms with Crippen LogP contribution in [-0.4, -0.2) is 0 Å². The number of anilines is 1. The van der Waals surface area contributed by atoms with Gasteiger partial charge in [-0.05, 0) is 32.4 Å². The van der Waals surface area contributed by atoms with Gasteiger partial charge in [0.1, 0.15) is 0 Å². The molecule has 0 atom stereocenters. The van der Waals surface area contributed by atoms with E-state index in [-0.39, 0.29) is 0 Å². The summed E-state index contributed by atoms with van der Waals surface area (Å²) >= 11 is 0. The third-order valence-electron chi connectivity index (χ3n) is 1.91. The predicted octanol–water partition coefficient (Wildman–Crippen LogP) is 3.33. The number of nitrogens with one attached hydrogen (secondary N) is 1. The van der Waals surface area contributed by atoms with Crippen molar-refractivity contribution >= 4 is 5.69 Å². The lowest BCUT2D eigenvalue weighted by Gasteiger charge is -2.08. The molecule has 0 aliphatic rings. The quantitative estimate of drug-likeness (QED) is 0.701. The first-order chi connectivity index (χ1) is 5.74. The Bertz CT molecular complexity index is 287. The molecule has 1 rings (SSSR count). The second kappa shape index (κ2) is 3.96. The van der Waals surface area contributed by atoms with Crippen molar-refractivity contribution in [2.24, 2.45) is 0 Å². The van der Waals surface area contributed by atoms with Crippen molar-refractivity contribution in [1.29, 1.82) is 0 Å². The molecule has 12 heavy (non-hydrogen) atoms. The molecule has 64 valence electrons. The SMILES string of the molecule is C/C=C(\C)Nc1ccccc1C. The second-order valence-electron chi connectivity index (χ2n) is 2.91. The Morgan fingerprint density at radius 2 is 2.00 bits per heavy atom. The lowest BCUT2D eigenvalue weighted by molar-refractivity contribution is 1.32. The van der Waals surface area contributed by atoms with E-state index in [1.807, 2.05) is 19.1 Å². The first kappa shape index (κ1) is 8.85. The molecule has 0 heterocycles. The summed E-state index contributed by atoms with van der Waals surface area (Å²) < 4.78 is 0. The fraction of sp³-hybridized carbons (Fsp3) is 0.273. The van der Waals surface area contributed by atoms with Crippen molar-refractivity contribution in [2.75, 3.05) is 5.32 Å². The summed E-state index contributed by atoms with van der Waals surface area (Å²) in [6.45, 7) is 6.19. The predicted molar refractivity (Wildman–Crippen MR) is 54.2 cm³/mol. The summed E-state index contributed by atoms with van der Waals surface area (Å²) in [7, 11) is 0. The Kier molecular flexibility index (Phi) is 2.92. The van der Waals surface area contributed by atoms with E-state index in [0.29, 0.717) is 0 Å². The van der Waals surface area contributed by atoms with Crippen LogP contribution < -0.4 is 5.32 Å². The fourth-order valence-corrected chi connectivity index (χ4v) is 0.998. The molecule has 0 aromatic heterocycles. The van der Waals surface area contributed by atoms with Crippen molar-refractivity contribution in [2.45, 2.75) is 20.8 Å². The topological polar surface area (TPSA) is 12.0 Å². The maximum Gasteiger partial charge on any atom is 0.0411 e. The van der Waals surface area contributed by atoms with Gasteiger partial charge in [0.15, 0.2) is 0 Å². The van der Waals surface area contributed by atoms with E-state index in [2.05, 4.69) is 37.4 Å². The Balaban J connectivity index is 2.82. The van der Waals surface area contributed by atoms with Gasteiger partial charge < -0.3 is 5.32 Å². The first-order valence-electron chi connectivity index (χ1n) is 4.19. The molecular formula is C11H15N. The molecule has 0 bridgehead atoms. The van der Waals surface area contributed by atoms with E-state index in [0.717, 1.165) is 0 Å². The Morgan fingerprint density at radius 1 is 1.33 bits per heavy atom. The molecule has 0 radical (unpaired) electrons. The van der Waals surface area contributed by atoms with E-state index in [1.165, 1.54) is 16.9 Å². The van der Waals surface area contributed by atoms with Crippen LogP contribution in [0.1, 0.15) is 19.4 Å². The zero-order valence-corrected chi connectivity index (χ0v) is 7.89. The van der Waals surface area contributed by atoms with Crippen LogP contribution in [0.25, 0.3) is 0 Å². The van der Waals surface area contributed by atoms with Crippen LogP contribution in [0.2, 0.25) is 0 Å². The molecule has 0 aliphatic heterocycles. The summed E-state index contributed by atoms with van der Waals surface area (Å²) in [5.41, 5.74) is 3.65. The van der Waals surface area contributed by atoms with E-state index in [1.54, 1.807) is 0 Å². The lowest BCUT2D eigenvalue weighted by Crippen LogP contribution is -1.96. The highest BCUT2D eigenvalue weighted by Gasteiger charge is 1.94. The van der Waals surface area contributed by atoms with E-state index in [9.17, 15) is 0 Å². The minimum Gasteiger partial charge on any atom is -0.359 e. The van der Waals surface area contributed by atoms with Gasteiger partial charge in [0.25, 0.3) is 0 Å². The average molecular weight is 161 g/mol. The van der Waals surface area contributed by atoms with Crippen LogP contribution in [0.4, 0.5) is 5.69 Å². The summed E-state index contributed by atoms with van der Waals surface area (Å²) in [6, 6.07) is 8.28. The number of aryl methyl sites for hydroxylation is 1. The number of hydrogen-bond donors (Lipinski definition) is 1. The average Bonchev–Trinajstić information content (AvgIpc) is 2.09. The minimum atomic E-state index is 1.18. The number of hydrogen-bond acceptors (Lipinski definition) is 1. The molecule has 0 saturated heterocycles. The highest BCUT2D eigenvalue weighted by atomic mass is 14.9. The van der Waals surface area contributed by atoms with Crippen molar-refractivity contribution in [3.05, 3.63) is 41.6 Å². The van der Waals surface area contributed by atoms with Crippen LogP contribution in [0.15, 0.2) is 36.0 Å². The third-order valence-corrected chi connectivity index (χ3v) is 1.91. The second-order valence-corrected chi connectivity index (χ2v) is 2.91. The van der Waals surface area contributed by atoms with Gasteiger partial charge in [0.2, 0.25) is 0 Å². The number of para-hydroxylation sites is 1. The van der Waals surface area contributed by atoms with Crippen molar-refractivity contribution in [1.82, 2.24) is 0 Å². The molecule has 0 unspecified atom stereocenters. The monoisotopic (exact) mass is 161 g/mol. The molecule has 1 aromatic rings. The van der Waals surface area contributed by atoms with Crippen LogP contribution in [0.5, 0.6) is 0 Å². The van der Waals surface area contributed by atoms with Gasteiger partial charge >= 0.3 is 0 Å². The van der Waals surface area contributed by atoms with E-state index >= 15 is 0 Å². The zero-order chi connectivity index (χ0) is 8.97. The van der Waals surface area contributed by atoms with Crippen LogP contribution in [0.3, 0.4) is 0 Å². The Labute approximate surface area is 74.1 Å². The summed E-state index contributed by atoms with van der Waals surface area (Å²) in [4.78, 5) is 0. The standard InChI is InChI=1S/C11H15N/c1-4-10(3)12-11-8-6-5-7-9(11)2/h4-8,12H,1-3H3/b10-4+. The number of rotatable bonds is 2. The lowest BCUT2D eigenvalue weighted by atomic mass is 10.2. The van der Waals surface area contributed by atoms with Gasteiger partial charge in [-0.3, -0.25) is 0 Å². The van der Waals surface area contributed by atoms with Crippen LogP contribution in [0, 0.1) is 6.92 Å². The highest BCUT2D eigenvalue weighted by molar-refractivity contribution is 5.53. The summed E-state index contributed by atoms with van der Waals surface area (Å²) in [5.74, 6) is 0. The normalized spacial score (nSPS) is 11.4. The van der Waals surface area contributed by atoms with Gasteiger partial charge in [-0.1, -0.05) is 24.3 Å². The van der Waals surface area contributed by atoms with E-state index < -0.39 is 0 Å². The zero-order valence-electron chi connectivity index (χ0n) is 7.89. The van der Waals surface area contributed by atoms with Gasteiger partial charge in [-0.25, -0.2) is 0 Å². The third kappa shape index (κ3) is 2.12. The maximum absolute atomic E-state index is 3.32. The Hall–Kier alpha value is -1.24. The summed E-state index contributed by atoms with van der Waals surface area (Å²) in [6.07, 6.45) is 2.06. The van der Waals surface area contributed by atoms with Gasteiger partial charge in [0.05, 0.1) is 0 Å². The van der Waals surface area contributed by atoms with Crippen LogP contribution in [-0.2, 0) is 0 Å². The molecule has 0 saturated carbocycles. The molecule has 1 heteroatoms. The number of allylic oxidation sites excluding steroid dienone is 2. The molecule has 0 amide bonds. The molecule has 1 aromatic carbocycles. The first-order valence-corrected chi connectivity index (χ1v) is 4.19. The van der Waals surface area contributed by atoms with Gasteiger partial charge in [0, 0.05) is 11.4 Å². The van der Waals surface area contributed by atoms with Crippen molar-refractivity contribution in [3.8, 4) is 0 Å². The van der Waals surface area contributed by atoms with Crippen molar-refractivity contribution in [3.63, 3.8) is 0 Å². The van der Waals surface area contributed by atoms with Crippen LogP contribution >= 0.6 is 0 Å². The largest absolute Gasteiger partial charge is 0.359 e. The van der Waals surface area contributed by atoms with Crippen molar-refractivity contribution < 1.29 is 0 Å². The fourth-order valence-electron chi connectivity index (χ4n) is 0.998. The summed E-state index contributed by atoms with van der Waals surface area (Å²) in [5, 5.41) is 3.32. The molecular weight excluding hydrogens is 146 g/mol. The molecule has 0 aliphatic carbocycles. The van der Waals surface area contributed by atoms with Gasteiger partial charge in [-0.2, -0.15) is 0 Å². The Morgan fingerprint density at radius 3 is 2.58 bits per heavy atom.